The molecule has 1 aromatic heterocycles. The van der Waals surface area contributed by atoms with Crippen molar-refractivity contribution in [2.45, 2.75) is 50.1 Å². The number of aromatic nitrogens is 2. The van der Waals surface area contributed by atoms with Crippen molar-refractivity contribution in [2.75, 3.05) is 25.2 Å². The van der Waals surface area contributed by atoms with Gasteiger partial charge in [0, 0.05) is 25.1 Å². The van der Waals surface area contributed by atoms with Crippen molar-refractivity contribution in [1.29, 1.82) is 0 Å². The van der Waals surface area contributed by atoms with Crippen LogP contribution in [-0.2, 0) is 28.7 Å². The summed E-state index contributed by atoms with van der Waals surface area (Å²) in [7, 11) is -4.34. The minimum Gasteiger partial charge on any atom is -0.388 e. The molecule has 3 aromatic carbocycles. The number of nitrogen functional groups attached to an aromatic ring is 1. The molecule has 1 fully saturated rings. The second-order valence-corrected chi connectivity index (χ2v) is 12.7. The zero-order valence-electron chi connectivity index (χ0n) is 24.1. The molecule has 7 N–H and O–H groups in total. The number of aliphatic hydroxyl groups is 2. The zero-order valence-corrected chi connectivity index (χ0v) is 25.0. The number of nitrogens with two attached hydrogens (primary N) is 1. The Morgan fingerprint density at radius 1 is 0.864 bits per heavy atom. The number of benzene rings is 3. The van der Waals surface area contributed by atoms with E-state index in [4.69, 9.17) is 20.3 Å². The third-order valence-corrected chi connectivity index (χ3v) is 8.48. The summed E-state index contributed by atoms with van der Waals surface area (Å²) in [5, 5.41) is 31.2. The fourth-order valence-electron chi connectivity index (χ4n) is 5.79. The molecule has 2 heterocycles. The lowest BCUT2D eigenvalue weighted by Gasteiger charge is -2.35. The third-order valence-electron chi connectivity index (χ3n) is 7.96. The van der Waals surface area contributed by atoms with Crippen molar-refractivity contribution in [2.24, 2.45) is 0 Å². The number of rotatable bonds is 12. The summed E-state index contributed by atoms with van der Waals surface area (Å²) < 4.78 is 16.4. The number of nitrogens with one attached hydrogen (secondary N) is 1. The largest absolute Gasteiger partial charge is 0.388 e. The number of carbonyl (C=O) groups is 1. The van der Waals surface area contributed by atoms with E-state index in [0.29, 0.717) is 17.6 Å². The van der Waals surface area contributed by atoms with Gasteiger partial charge in [-0.05, 0) is 48.1 Å². The van der Waals surface area contributed by atoms with Gasteiger partial charge in [-0.3, -0.25) is 9.66 Å². The average molecular weight is 624 g/mol. The predicted octanol–water partition coefficient (Wildman–Crippen LogP) is 2.87. The molecule has 1 aliphatic rings. The zero-order chi connectivity index (χ0) is 31.3. The number of aliphatic hydroxyl groups excluding tert-OH is 2. The first-order valence-corrected chi connectivity index (χ1v) is 16.3. The number of fused-ring (bicyclic) bond motifs is 1. The Hall–Kier alpha value is -3.77. The number of H-pyrrole nitrogens is 1. The molecule has 1 aliphatic heterocycles. The van der Waals surface area contributed by atoms with Crippen LogP contribution in [0.2, 0.25) is 0 Å². The standard InChI is InChI=1S/C31H38N5O7P/c32-30-24-16-23(12-13-25(24)33-34-30)19-36-27(18-22-10-5-2-6-11-22)29(38)28(37)26(17-21-8-3-1-4-9-21)35(31(36)39)14-7-15-43-20-44(40,41)42/h1-6,8-13,16,26-29,37-38H,7,14-15,17-20H2,(H3,32,33,34)(H2,40,41,42)/t26-,27-,28+,29+/m1/s1. The Labute approximate surface area is 255 Å². The molecule has 1 saturated heterocycles. The van der Waals surface area contributed by atoms with Gasteiger partial charge in [0.1, 0.15) is 18.6 Å². The Morgan fingerprint density at radius 3 is 2.05 bits per heavy atom. The molecule has 44 heavy (non-hydrogen) atoms. The number of amides is 2. The topological polar surface area (TPSA) is 185 Å². The van der Waals surface area contributed by atoms with Crippen LogP contribution in [0.1, 0.15) is 23.1 Å². The van der Waals surface area contributed by atoms with Crippen LogP contribution in [0, 0.1) is 0 Å². The van der Waals surface area contributed by atoms with Crippen molar-refractivity contribution >= 4 is 30.3 Å². The van der Waals surface area contributed by atoms with Crippen molar-refractivity contribution in [3.63, 3.8) is 0 Å². The molecule has 234 valence electrons. The van der Waals surface area contributed by atoms with Crippen LogP contribution in [0.25, 0.3) is 10.9 Å². The lowest BCUT2D eigenvalue weighted by atomic mass is 9.91. The van der Waals surface area contributed by atoms with Gasteiger partial charge in [-0.1, -0.05) is 66.7 Å². The molecule has 0 aliphatic carbocycles. The van der Waals surface area contributed by atoms with Gasteiger partial charge in [-0.15, -0.1) is 0 Å². The van der Waals surface area contributed by atoms with Crippen LogP contribution >= 0.6 is 7.60 Å². The van der Waals surface area contributed by atoms with E-state index in [1.165, 1.54) is 0 Å². The summed E-state index contributed by atoms with van der Waals surface area (Å²) in [6.07, 6.45) is -2.45. The van der Waals surface area contributed by atoms with Crippen LogP contribution in [0.15, 0.2) is 78.9 Å². The Balaban J connectivity index is 1.50. The van der Waals surface area contributed by atoms with Crippen LogP contribution in [-0.4, -0.2) is 89.8 Å². The summed E-state index contributed by atoms with van der Waals surface area (Å²) in [4.78, 5) is 36.0. The van der Waals surface area contributed by atoms with E-state index in [2.05, 4.69) is 10.2 Å². The van der Waals surface area contributed by atoms with E-state index in [-0.39, 0.29) is 38.6 Å². The Bertz CT molecular complexity index is 1580. The molecule has 0 saturated carbocycles. The molecular formula is C31H38N5O7P. The minimum absolute atomic E-state index is 0.00449. The second-order valence-electron chi connectivity index (χ2n) is 11.1. The molecule has 13 heteroatoms. The molecule has 2 amide bonds. The van der Waals surface area contributed by atoms with E-state index in [1.807, 2.05) is 78.9 Å². The van der Waals surface area contributed by atoms with E-state index in [0.717, 1.165) is 22.2 Å². The van der Waals surface area contributed by atoms with Crippen LogP contribution < -0.4 is 5.73 Å². The quantitative estimate of drug-likeness (QED) is 0.102. The maximum absolute atomic E-state index is 14.6. The summed E-state index contributed by atoms with van der Waals surface area (Å²) in [6, 6.07) is 22.6. The molecule has 4 atom stereocenters. The molecule has 0 bridgehead atoms. The molecule has 0 spiro atoms. The number of hydrogen-bond acceptors (Lipinski definition) is 7. The summed E-state index contributed by atoms with van der Waals surface area (Å²) in [6.45, 7) is 0.253. The van der Waals surface area contributed by atoms with Crippen LogP contribution in [0.5, 0.6) is 0 Å². The smallest absolute Gasteiger partial charge is 0.350 e. The van der Waals surface area contributed by atoms with Crippen LogP contribution in [0.3, 0.4) is 0 Å². The van der Waals surface area contributed by atoms with Gasteiger partial charge in [-0.2, -0.15) is 5.10 Å². The van der Waals surface area contributed by atoms with Crippen molar-refractivity contribution in [3.05, 3.63) is 95.6 Å². The van der Waals surface area contributed by atoms with Gasteiger partial charge in [0.05, 0.1) is 17.6 Å². The number of hydrogen-bond donors (Lipinski definition) is 6. The fraction of sp³-hybridized carbons (Fsp3) is 0.355. The van der Waals surface area contributed by atoms with Crippen LogP contribution in [0.4, 0.5) is 10.6 Å². The summed E-state index contributed by atoms with van der Waals surface area (Å²) >= 11 is 0. The first-order valence-electron chi connectivity index (χ1n) is 14.5. The average Bonchev–Trinajstić information content (AvgIpc) is 3.36. The fourth-order valence-corrected chi connectivity index (χ4v) is 6.16. The second kappa shape index (κ2) is 13.9. The number of carbonyl (C=O) groups excluding carboxylic acids is 1. The highest BCUT2D eigenvalue weighted by atomic mass is 31.2. The highest BCUT2D eigenvalue weighted by molar-refractivity contribution is 7.51. The monoisotopic (exact) mass is 623 g/mol. The number of nitrogens with zero attached hydrogens (tertiary/aromatic N) is 3. The number of ether oxygens (including phenoxy) is 1. The van der Waals surface area contributed by atoms with E-state index < -0.39 is 38.2 Å². The van der Waals surface area contributed by atoms with E-state index in [9.17, 15) is 19.6 Å². The molecule has 4 aromatic rings. The Kier molecular flexibility index (Phi) is 10.00. The maximum atomic E-state index is 14.6. The SMILES string of the molecule is Nc1n[nH]c2ccc(CN3C(=O)N(CCCOCP(=O)(O)O)[C@H](Cc4ccccc4)[C@H](O)[C@@H](O)[C@H]3Cc3ccccc3)cc12. The van der Waals surface area contributed by atoms with E-state index >= 15 is 0 Å². The van der Waals surface area contributed by atoms with Gasteiger partial charge >= 0.3 is 13.6 Å². The highest BCUT2D eigenvalue weighted by Crippen LogP contribution is 2.34. The third kappa shape index (κ3) is 7.65. The van der Waals surface area contributed by atoms with Crippen molar-refractivity contribution < 1.29 is 34.1 Å². The minimum atomic E-state index is -4.34. The first-order chi connectivity index (χ1) is 21.1. The van der Waals surface area contributed by atoms with E-state index in [1.54, 1.807) is 9.80 Å². The first kappa shape index (κ1) is 31.6. The summed E-state index contributed by atoms with van der Waals surface area (Å²) in [5.74, 6) is 0.334. The number of urea groups is 1. The molecule has 0 unspecified atom stereocenters. The Morgan fingerprint density at radius 2 is 1.45 bits per heavy atom. The molecule has 5 rings (SSSR count). The van der Waals surface area contributed by atoms with Gasteiger partial charge in [-0.25, -0.2) is 4.79 Å². The normalized spacial score (nSPS) is 21.1. The maximum Gasteiger partial charge on any atom is 0.350 e. The van der Waals surface area contributed by atoms with Crippen molar-refractivity contribution in [3.8, 4) is 0 Å². The van der Waals surface area contributed by atoms with Gasteiger partial charge < -0.3 is 40.3 Å². The number of aromatic amines is 1. The van der Waals surface area contributed by atoms with Gasteiger partial charge in [0.2, 0.25) is 0 Å². The summed E-state index contributed by atoms with van der Waals surface area (Å²) in [5.41, 5.74) is 9.36. The predicted molar refractivity (Wildman–Crippen MR) is 166 cm³/mol. The highest BCUT2D eigenvalue weighted by Gasteiger charge is 2.46. The molecule has 12 nitrogen and oxygen atoms in total. The lowest BCUT2D eigenvalue weighted by Crippen LogP contribution is -2.51. The van der Waals surface area contributed by atoms with Gasteiger partial charge in [0.25, 0.3) is 0 Å². The van der Waals surface area contributed by atoms with Crippen molar-refractivity contribution in [1.82, 2.24) is 20.0 Å². The van der Waals surface area contributed by atoms with Gasteiger partial charge in [0.15, 0.2) is 5.82 Å². The molecular weight excluding hydrogens is 585 g/mol. The lowest BCUT2D eigenvalue weighted by molar-refractivity contribution is -0.0405. The number of anilines is 1. The molecule has 0 radical (unpaired) electrons.